The molecule has 0 aliphatic carbocycles. The van der Waals surface area contributed by atoms with Crippen LogP contribution in [0.5, 0.6) is 11.5 Å². The third kappa shape index (κ3) is 5.58. The number of nitrogens with one attached hydrogen (secondary N) is 1. The second-order valence-corrected chi connectivity index (χ2v) is 11.7. The summed E-state index contributed by atoms with van der Waals surface area (Å²) in [6.45, 7) is 2.83. The third-order valence-corrected chi connectivity index (χ3v) is 8.89. The van der Waals surface area contributed by atoms with Crippen LogP contribution in [0.3, 0.4) is 0 Å². The minimum atomic E-state index is -0.780. The fourth-order valence-electron chi connectivity index (χ4n) is 6.62. The van der Waals surface area contributed by atoms with Crippen molar-refractivity contribution in [3.8, 4) is 28.7 Å². The van der Waals surface area contributed by atoms with E-state index in [2.05, 4.69) is 32.4 Å². The van der Waals surface area contributed by atoms with Crippen LogP contribution in [0.15, 0.2) is 53.8 Å². The highest BCUT2D eigenvalue weighted by Crippen LogP contribution is 2.39. The fraction of sp³-hybridized carbons (Fsp3) is 0.344. The van der Waals surface area contributed by atoms with Gasteiger partial charge in [-0.2, -0.15) is 10.4 Å². The van der Waals surface area contributed by atoms with Crippen molar-refractivity contribution in [2.75, 3.05) is 19.0 Å². The Morgan fingerprint density at radius 1 is 1.26 bits per heavy atom. The standard InChI is InChI=1S/C32H33ClFN7O2/c1-18-10-24(43-2)6-7-25(18)19-11-29-30(38-20-12-21-4-5-22(13-20)40(21)9-3-8-35)26(16-37-41(29)17-19)32(36)39-31-27(33)14-23(42)15-28(31)34/h6-7,10-11,14-17,20-22,38,42H,3-5,9,12-13H2,1-2H3,(H2,36,39)/t20-,21-,22+. The Bertz CT molecular complexity index is 1730. The van der Waals surface area contributed by atoms with Crippen LogP contribution in [-0.2, 0) is 0 Å². The number of phenolic OH excluding ortho intramolecular Hbond substituents is 1. The van der Waals surface area contributed by atoms with E-state index in [0.29, 0.717) is 24.1 Å². The number of nitriles is 1. The smallest absolute Gasteiger partial charge is 0.154 e. The number of aromatic nitrogens is 2. The van der Waals surface area contributed by atoms with Gasteiger partial charge in [0.05, 0.1) is 41.2 Å². The lowest BCUT2D eigenvalue weighted by molar-refractivity contribution is 0.136. The minimum Gasteiger partial charge on any atom is -0.508 e. The molecule has 222 valence electrons. The number of aryl methyl sites for hydroxylation is 1. The molecule has 11 heteroatoms. The monoisotopic (exact) mass is 601 g/mol. The first-order chi connectivity index (χ1) is 20.7. The summed E-state index contributed by atoms with van der Waals surface area (Å²) in [6.07, 6.45) is 8.20. The molecule has 0 radical (unpaired) electrons. The third-order valence-electron chi connectivity index (χ3n) is 8.61. The number of hydrogen-bond acceptors (Lipinski definition) is 7. The number of nitrogens with two attached hydrogens (primary N) is 1. The number of aliphatic imine (C=N–C) groups is 1. The molecule has 2 saturated heterocycles. The Morgan fingerprint density at radius 3 is 2.70 bits per heavy atom. The molecule has 6 rings (SSSR count). The van der Waals surface area contributed by atoms with Crippen molar-refractivity contribution in [1.82, 2.24) is 14.5 Å². The zero-order chi connectivity index (χ0) is 30.2. The number of amidine groups is 1. The highest BCUT2D eigenvalue weighted by Gasteiger charge is 2.40. The molecule has 2 aromatic carbocycles. The lowest BCUT2D eigenvalue weighted by Crippen LogP contribution is -2.47. The first-order valence-corrected chi connectivity index (χ1v) is 14.7. The number of halogens is 2. The number of piperidine rings is 1. The van der Waals surface area contributed by atoms with Gasteiger partial charge in [0, 0.05) is 55.0 Å². The molecule has 2 fully saturated rings. The van der Waals surface area contributed by atoms with Gasteiger partial charge in [-0.25, -0.2) is 13.9 Å². The van der Waals surface area contributed by atoms with E-state index in [-0.39, 0.29) is 28.3 Å². The summed E-state index contributed by atoms with van der Waals surface area (Å²) in [7, 11) is 1.65. The number of ether oxygens (including phenoxy) is 1. The molecule has 2 aliphatic rings. The number of benzene rings is 2. The summed E-state index contributed by atoms with van der Waals surface area (Å²) < 4.78 is 21.9. The molecular formula is C32H33ClFN7O2. The van der Waals surface area contributed by atoms with Crippen LogP contribution in [0, 0.1) is 24.1 Å². The first-order valence-electron chi connectivity index (χ1n) is 14.3. The Labute approximate surface area is 254 Å². The average Bonchev–Trinajstić information content (AvgIpc) is 3.51. The van der Waals surface area contributed by atoms with Crippen LogP contribution in [0.2, 0.25) is 5.02 Å². The van der Waals surface area contributed by atoms with Crippen LogP contribution in [-0.4, -0.2) is 57.2 Å². The molecule has 0 amide bonds. The van der Waals surface area contributed by atoms with Gasteiger partial charge < -0.3 is 20.9 Å². The molecule has 0 saturated carbocycles. The van der Waals surface area contributed by atoms with Crippen LogP contribution in [0.25, 0.3) is 16.6 Å². The molecule has 3 atom stereocenters. The van der Waals surface area contributed by atoms with E-state index in [9.17, 15) is 9.50 Å². The molecule has 4 N–H and O–H groups in total. The number of phenols is 1. The van der Waals surface area contributed by atoms with E-state index in [1.54, 1.807) is 13.3 Å². The van der Waals surface area contributed by atoms with Crippen molar-refractivity contribution in [1.29, 1.82) is 5.26 Å². The molecular weight excluding hydrogens is 569 g/mol. The number of aromatic hydroxyl groups is 1. The highest BCUT2D eigenvalue weighted by atomic mass is 35.5. The predicted molar refractivity (Wildman–Crippen MR) is 166 cm³/mol. The summed E-state index contributed by atoms with van der Waals surface area (Å²) in [5.74, 6) is -0.247. The molecule has 2 aliphatic heterocycles. The van der Waals surface area contributed by atoms with Crippen LogP contribution in [0.1, 0.15) is 43.2 Å². The second-order valence-electron chi connectivity index (χ2n) is 11.3. The van der Waals surface area contributed by atoms with Gasteiger partial charge in [-0.1, -0.05) is 17.7 Å². The van der Waals surface area contributed by atoms with Crippen LogP contribution in [0.4, 0.5) is 15.8 Å². The van der Waals surface area contributed by atoms with E-state index >= 15 is 0 Å². The number of nitrogens with zero attached hydrogens (tertiary/aromatic N) is 5. The van der Waals surface area contributed by atoms with E-state index in [0.717, 1.165) is 71.9 Å². The van der Waals surface area contributed by atoms with Gasteiger partial charge in [-0.15, -0.1) is 0 Å². The van der Waals surface area contributed by atoms with Gasteiger partial charge in [0.1, 0.15) is 23.0 Å². The number of anilines is 1. The summed E-state index contributed by atoms with van der Waals surface area (Å²) >= 11 is 6.22. The quantitative estimate of drug-likeness (QED) is 0.163. The van der Waals surface area contributed by atoms with Gasteiger partial charge in [-0.3, -0.25) is 4.90 Å². The largest absolute Gasteiger partial charge is 0.508 e. The maximum absolute atomic E-state index is 14.7. The maximum Gasteiger partial charge on any atom is 0.154 e. The second kappa shape index (κ2) is 11.7. The topological polar surface area (TPSA) is 124 Å². The summed E-state index contributed by atoms with van der Waals surface area (Å²) in [5, 5.41) is 27.2. The molecule has 0 unspecified atom stereocenters. The number of methoxy groups -OCH3 is 1. The summed E-state index contributed by atoms with van der Waals surface area (Å²) in [5.41, 5.74) is 11.5. The van der Waals surface area contributed by atoms with E-state index in [1.165, 1.54) is 6.07 Å². The van der Waals surface area contributed by atoms with Crippen molar-refractivity contribution >= 4 is 34.3 Å². The van der Waals surface area contributed by atoms with Crippen LogP contribution >= 0.6 is 11.6 Å². The number of fused-ring (bicyclic) bond motifs is 3. The molecule has 43 heavy (non-hydrogen) atoms. The van der Waals surface area contributed by atoms with E-state index in [1.807, 2.05) is 35.8 Å². The lowest BCUT2D eigenvalue weighted by Gasteiger charge is -2.39. The SMILES string of the molecule is COc1ccc(-c2cc3c(N[C@@H]4C[C@H]5CC[C@@H](C4)N5CCC#N)c(/C(N)=N/c4c(F)cc(O)cc4Cl)cnn3c2)c(C)c1. The molecule has 2 bridgehead atoms. The van der Waals surface area contributed by atoms with Gasteiger partial charge >= 0.3 is 0 Å². The minimum absolute atomic E-state index is 0.0433. The predicted octanol–water partition coefficient (Wildman–Crippen LogP) is 6.17. The van der Waals surface area contributed by atoms with E-state index in [4.69, 9.17) is 27.3 Å². The Morgan fingerprint density at radius 2 is 2.02 bits per heavy atom. The fourth-order valence-corrected chi connectivity index (χ4v) is 6.86. The van der Waals surface area contributed by atoms with Gasteiger partial charge in [0.2, 0.25) is 0 Å². The van der Waals surface area contributed by atoms with Crippen molar-refractivity contribution in [2.24, 2.45) is 10.7 Å². The van der Waals surface area contributed by atoms with Crippen LogP contribution < -0.4 is 15.8 Å². The lowest BCUT2D eigenvalue weighted by atomic mass is 9.96. The van der Waals surface area contributed by atoms with Gasteiger partial charge in [-0.05, 0) is 61.9 Å². The average molecular weight is 602 g/mol. The number of rotatable bonds is 8. The first kappa shape index (κ1) is 28.8. The number of hydrogen-bond donors (Lipinski definition) is 3. The highest BCUT2D eigenvalue weighted by molar-refractivity contribution is 6.33. The van der Waals surface area contributed by atoms with Crippen molar-refractivity contribution in [3.63, 3.8) is 0 Å². The van der Waals surface area contributed by atoms with E-state index < -0.39 is 5.82 Å². The maximum atomic E-state index is 14.7. The summed E-state index contributed by atoms with van der Waals surface area (Å²) in [6, 6.07) is 13.4. The zero-order valence-corrected chi connectivity index (χ0v) is 24.8. The van der Waals surface area contributed by atoms with Crippen molar-refractivity contribution < 1.29 is 14.2 Å². The molecule has 0 spiro atoms. The zero-order valence-electron chi connectivity index (χ0n) is 24.0. The van der Waals surface area contributed by atoms with Gasteiger partial charge in [0.25, 0.3) is 0 Å². The van der Waals surface area contributed by atoms with Gasteiger partial charge in [0.15, 0.2) is 5.82 Å². The van der Waals surface area contributed by atoms with Crippen molar-refractivity contribution in [2.45, 2.75) is 57.2 Å². The Hall–Kier alpha value is -4.33. The Balaban J connectivity index is 1.42. The molecule has 4 aromatic rings. The molecule has 2 aromatic heterocycles. The molecule has 4 heterocycles. The van der Waals surface area contributed by atoms with Crippen molar-refractivity contribution in [3.05, 3.63) is 70.8 Å². The normalized spacial score (nSPS) is 20.3. The Kier molecular flexibility index (Phi) is 7.86. The molecule has 9 nitrogen and oxygen atoms in total. The summed E-state index contributed by atoms with van der Waals surface area (Å²) in [4.78, 5) is 6.83.